The average molecular weight is 300 g/mol. The first kappa shape index (κ1) is 14.1. The topological polar surface area (TPSA) is 13.1 Å². The van der Waals surface area contributed by atoms with Crippen LogP contribution in [0, 0.1) is 5.92 Å². The summed E-state index contributed by atoms with van der Waals surface area (Å²) in [6, 6.07) is 25.6. The minimum Gasteiger partial charge on any atom is -0.456 e. The van der Waals surface area contributed by atoms with E-state index in [1.807, 2.05) is 12.1 Å². The Hall–Kier alpha value is -2.54. The van der Waals surface area contributed by atoms with E-state index >= 15 is 0 Å². The molecule has 1 heteroatoms. The van der Waals surface area contributed by atoms with E-state index in [0.717, 1.165) is 11.2 Å². The van der Waals surface area contributed by atoms with Gasteiger partial charge in [-0.05, 0) is 29.2 Å². The highest BCUT2D eigenvalue weighted by Gasteiger charge is 2.19. The Labute approximate surface area is 136 Å². The lowest BCUT2D eigenvalue weighted by molar-refractivity contribution is 0.563. The van der Waals surface area contributed by atoms with Crippen molar-refractivity contribution in [2.45, 2.75) is 19.8 Å². The Bertz CT molecular complexity index is 947. The van der Waals surface area contributed by atoms with Crippen LogP contribution in [-0.4, -0.2) is 0 Å². The van der Waals surface area contributed by atoms with Gasteiger partial charge in [0.1, 0.15) is 11.2 Å². The molecule has 0 amide bonds. The fourth-order valence-corrected chi connectivity index (χ4v) is 3.56. The lowest BCUT2D eigenvalue weighted by Crippen LogP contribution is -2.08. The van der Waals surface area contributed by atoms with Gasteiger partial charge < -0.3 is 4.42 Å². The number of para-hydroxylation sites is 1. The molecule has 0 aliphatic rings. The summed E-state index contributed by atoms with van der Waals surface area (Å²) < 4.78 is 6.06. The van der Waals surface area contributed by atoms with Crippen LogP contribution in [0.5, 0.6) is 0 Å². The van der Waals surface area contributed by atoms with E-state index in [-0.39, 0.29) is 0 Å². The molecule has 4 aromatic rings. The number of rotatable bonds is 3. The van der Waals surface area contributed by atoms with Crippen molar-refractivity contribution in [3.8, 4) is 0 Å². The maximum absolute atomic E-state index is 6.06. The van der Waals surface area contributed by atoms with Gasteiger partial charge in [-0.1, -0.05) is 74.5 Å². The van der Waals surface area contributed by atoms with Gasteiger partial charge in [-0.15, -0.1) is 0 Å². The molecule has 0 radical (unpaired) electrons. The second-order valence-electron chi connectivity index (χ2n) is 6.49. The highest BCUT2D eigenvalue weighted by Crippen LogP contribution is 2.36. The van der Waals surface area contributed by atoms with Gasteiger partial charge in [0.15, 0.2) is 0 Å². The highest BCUT2D eigenvalue weighted by atomic mass is 16.3. The van der Waals surface area contributed by atoms with Crippen LogP contribution >= 0.6 is 0 Å². The molecule has 0 fully saturated rings. The first-order chi connectivity index (χ1) is 11.2. The highest BCUT2D eigenvalue weighted by molar-refractivity contribution is 6.04. The molecule has 23 heavy (non-hydrogen) atoms. The Morgan fingerprint density at radius 2 is 1.35 bits per heavy atom. The minimum absolute atomic E-state index is 0.383. The van der Waals surface area contributed by atoms with E-state index in [1.54, 1.807) is 0 Å². The molecular weight excluding hydrogens is 280 g/mol. The summed E-state index contributed by atoms with van der Waals surface area (Å²) in [7, 11) is 0. The average Bonchev–Trinajstić information content (AvgIpc) is 2.93. The number of hydrogen-bond acceptors (Lipinski definition) is 1. The lowest BCUT2D eigenvalue weighted by Gasteiger charge is -2.22. The molecule has 3 aromatic carbocycles. The Balaban J connectivity index is 1.88. The summed E-state index contributed by atoms with van der Waals surface area (Å²) >= 11 is 0. The van der Waals surface area contributed by atoms with Crippen molar-refractivity contribution in [2.75, 3.05) is 0 Å². The Morgan fingerprint density at radius 1 is 0.652 bits per heavy atom. The van der Waals surface area contributed by atoms with Crippen LogP contribution in [0.2, 0.25) is 0 Å². The van der Waals surface area contributed by atoms with Gasteiger partial charge in [0, 0.05) is 16.7 Å². The monoisotopic (exact) mass is 300 g/mol. The molecule has 114 valence electrons. The quantitative estimate of drug-likeness (QED) is 0.428. The largest absolute Gasteiger partial charge is 0.456 e. The van der Waals surface area contributed by atoms with Gasteiger partial charge in [-0.3, -0.25) is 0 Å². The van der Waals surface area contributed by atoms with Crippen LogP contribution in [0.3, 0.4) is 0 Å². The van der Waals surface area contributed by atoms with Crippen molar-refractivity contribution in [2.24, 2.45) is 5.92 Å². The maximum Gasteiger partial charge on any atom is 0.135 e. The van der Waals surface area contributed by atoms with Crippen LogP contribution in [0.15, 0.2) is 77.2 Å². The zero-order valence-corrected chi connectivity index (χ0v) is 13.5. The van der Waals surface area contributed by atoms with Crippen molar-refractivity contribution < 1.29 is 4.42 Å². The third kappa shape index (κ3) is 2.43. The first-order valence-corrected chi connectivity index (χ1v) is 8.20. The van der Waals surface area contributed by atoms with Crippen LogP contribution in [0.25, 0.3) is 21.9 Å². The van der Waals surface area contributed by atoms with E-state index in [2.05, 4.69) is 74.5 Å². The van der Waals surface area contributed by atoms with Gasteiger partial charge in [-0.2, -0.15) is 0 Å². The summed E-state index contributed by atoms with van der Waals surface area (Å²) in [6.07, 6.45) is 0. The molecule has 1 heterocycles. The Kier molecular flexibility index (Phi) is 3.42. The van der Waals surface area contributed by atoms with Crippen molar-refractivity contribution in [3.63, 3.8) is 0 Å². The van der Waals surface area contributed by atoms with Gasteiger partial charge in [-0.25, -0.2) is 0 Å². The van der Waals surface area contributed by atoms with Gasteiger partial charge in [0.2, 0.25) is 0 Å². The summed E-state index contributed by atoms with van der Waals surface area (Å²) in [5, 5.41) is 2.38. The summed E-state index contributed by atoms with van der Waals surface area (Å²) in [6.45, 7) is 4.56. The van der Waals surface area contributed by atoms with E-state index in [9.17, 15) is 0 Å². The number of fused-ring (bicyclic) bond motifs is 3. The number of furan rings is 1. The molecule has 1 atom stereocenters. The summed E-state index contributed by atoms with van der Waals surface area (Å²) in [5.74, 6) is 0.910. The second-order valence-corrected chi connectivity index (χ2v) is 6.49. The summed E-state index contributed by atoms with van der Waals surface area (Å²) in [5.41, 5.74) is 4.61. The molecule has 0 aliphatic heterocycles. The molecule has 0 spiro atoms. The van der Waals surface area contributed by atoms with E-state index < -0.39 is 0 Å². The molecule has 0 saturated heterocycles. The maximum atomic E-state index is 6.06. The fourth-order valence-electron chi connectivity index (χ4n) is 3.56. The van der Waals surface area contributed by atoms with Crippen molar-refractivity contribution in [1.29, 1.82) is 0 Å². The first-order valence-electron chi connectivity index (χ1n) is 8.20. The van der Waals surface area contributed by atoms with E-state index in [4.69, 9.17) is 4.42 Å². The minimum atomic E-state index is 0.383. The molecule has 0 bridgehead atoms. The standard InChI is InChI=1S/C22H20O/c1-15(2)22(16-8-4-3-5-9-16)17-12-13-19-18-10-6-7-11-20(18)23-21(19)14-17/h3-15,22H,1-2H3/t22-/m0/s1. The second kappa shape index (κ2) is 5.58. The normalized spacial score (nSPS) is 13.0. The molecule has 1 nitrogen and oxygen atoms in total. The Morgan fingerprint density at radius 3 is 2.13 bits per heavy atom. The third-order valence-corrected chi connectivity index (χ3v) is 4.59. The predicted molar refractivity (Wildman–Crippen MR) is 96.8 cm³/mol. The molecule has 1 aromatic heterocycles. The van der Waals surface area contributed by atoms with Crippen LogP contribution in [0.1, 0.15) is 30.9 Å². The molecule has 0 unspecified atom stereocenters. The predicted octanol–water partition coefficient (Wildman–Crippen LogP) is 6.37. The molecule has 0 aliphatic carbocycles. The third-order valence-electron chi connectivity index (χ3n) is 4.59. The SMILES string of the molecule is CC(C)[C@@H](c1ccccc1)c1ccc2c(c1)oc1ccccc12. The molecule has 0 N–H and O–H groups in total. The summed E-state index contributed by atoms with van der Waals surface area (Å²) in [4.78, 5) is 0. The lowest BCUT2D eigenvalue weighted by atomic mass is 9.82. The van der Waals surface area contributed by atoms with Crippen molar-refractivity contribution >= 4 is 21.9 Å². The van der Waals surface area contributed by atoms with Gasteiger partial charge >= 0.3 is 0 Å². The van der Waals surface area contributed by atoms with Crippen molar-refractivity contribution in [1.82, 2.24) is 0 Å². The van der Waals surface area contributed by atoms with Crippen LogP contribution in [0.4, 0.5) is 0 Å². The van der Waals surface area contributed by atoms with Crippen molar-refractivity contribution in [3.05, 3.63) is 83.9 Å². The smallest absolute Gasteiger partial charge is 0.135 e. The van der Waals surface area contributed by atoms with Gasteiger partial charge in [0.25, 0.3) is 0 Å². The fraction of sp³-hybridized carbons (Fsp3) is 0.182. The van der Waals surface area contributed by atoms with Crippen LogP contribution < -0.4 is 0 Å². The molecule has 4 rings (SSSR count). The van der Waals surface area contributed by atoms with E-state index in [0.29, 0.717) is 11.8 Å². The van der Waals surface area contributed by atoms with Gasteiger partial charge in [0.05, 0.1) is 0 Å². The van der Waals surface area contributed by atoms with E-state index in [1.165, 1.54) is 21.9 Å². The molecule has 0 saturated carbocycles. The number of benzene rings is 3. The molecular formula is C22H20O. The zero-order valence-electron chi connectivity index (χ0n) is 13.5. The zero-order chi connectivity index (χ0) is 15.8. The van der Waals surface area contributed by atoms with Crippen LogP contribution in [-0.2, 0) is 0 Å². The number of hydrogen-bond donors (Lipinski definition) is 0.